The number of carbonyl (C=O) groups excluding carboxylic acids is 1. The number of benzene rings is 2. The van der Waals surface area contributed by atoms with Crippen LogP contribution in [0, 0.1) is 0 Å². The van der Waals surface area contributed by atoms with E-state index in [1.165, 1.54) is 4.90 Å². The van der Waals surface area contributed by atoms with Gasteiger partial charge in [0.05, 0.1) is 26.2 Å². The molecule has 0 fully saturated rings. The molecular weight excluding hydrogens is 442 g/mol. The largest absolute Gasteiger partial charge is 0.490 e. The predicted octanol–water partition coefficient (Wildman–Crippen LogP) is 5.22. The second kappa shape index (κ2) is 12.2. The quantitative estimate of drug-likeness (QED) is 0.359. The van der Waals surface area contributed by atoms with Crippen LogP contribution in [0.15, 0.2) is 45.7 Å². The number of thioether (sulfide) groups is 1. The monoisotopic (exact) mass is 471 g/mol. The van der Waals surface area contributed by atoms with Crippen molar-refractivity contribution in [1.82, 2.24) is 10.2 Å². The molecule has 33 heavy (non-hydrogen) atoms. The number of hydrogen-bond donors (Lipinski definition) is 1. The van der Waals surface area contributed by atoms with E-state index in [9.17, 15) is 4.79 Å². The third-order valence-electron chi connectivity index (χ3n) is 4.45. The van der Waals surface area contributed by atoms with Crippen LogP contribution in [0.3, 0.4) is 0 Å². The Labute approximate surface area is 198 Å². The molecule has 0 atom stereocenters. The Kier molecular flexibility index (Phi) is 9.00. The second-order valence-electron chi connectivity index (χ2n) is 6.81. The van der Waals surface area contributed by atoms with Crippen LogP contribution in [0.5, 0.6) is 17.2 Å². The molecular formula is C24H29N3O5S. The van der Waals surface area contributed by atoms with Crippen molar-refractivity contribution in [2.75, 3.05) is 30.9 Å². The van der Waals surface area contributed by atoms with Crippen molar-refractivity contribution < 1.29 is 23.4 Å². The minimum Gasteiger partial charge on any atom is -0.490 e. The minimum atomic E-state index is -0.420. The van der Waals surface area contributed by atoms with Crippen molar-refractivity contribution in [2.24, 2.45) is 0 Å². The molecule has 1 aromatic heterocycles. The first-order chi connectivity index (χ1) is 16.1. The van der Waals surface area contributed by atoms with Crippen molar-refractivity contribution in [3.05, 3.63) is 53.4 Å². The molecule has 0 bridgehead atoms. The van der Waals surface area contributed by atoms with Crippen molar-refractivity contribution in [3.8, 4) is 17.2 Å². The van der Waals surface area contributed by atoms with Crippen molar-refractivity contribution in [2.45, 2.75) is 39.0 Å². The Morgan fingerprint density at radius 2 is 1.58 bits per heavy atom. The molecule has 0 aliphatic rings. The van der Waals surface area contributed by atoms with Crippen LogP contribution in [-0.4, -0.2) is 41.7 Å². The summed E-state index contributed by atoms with van der Waals surface area (Å²) >= 11 is 1.79. The standard InChI is InChI=1S/C24H29N3O5S/c1-5-29-19-14-17(15-20(30-6-2)22(19)31-7-3)23(28)25-24-27-26-21(32-24)13-16-9-11-18(12-10-16)33-8-4/h9-12,14-15H,5-8,13H2,1-4H3,(H,25,27,28). The number of ether oxygens (including phenoxy) is 3. The molecule has 0 unspecified atom stereocenters. The van der Waals surface area contributed by atoms with Gasteiger partial charge in [-0.2, -0.15) is 0 Å². The number of amides is 1. The average Bonchev–Trinajstić information content (AvgIpc) is 3.24. The third-order valence-corrected chi connectivity index (χ3v) is 5.34. The molecule has 2 aromatic carbocycles. The molecule has 0 aliphatic heterocycles. The van der Waals surface area contributed by atoms with E-state index >= 15 is 0 Å². The summed E-state index contributed by atoms with van der Waals surface area (Å²) in [6, 6.07) is 11.5. The lowest BCUT2D eigenvalue weighted by Gasteiger charge is -2.16. The SMILES string of the molecule is CCOc1cc(C(=O)Nc2nnc(Cc3ccc(SCC)cc3)o2)cc(OCC)c1OCC. The van der Waals surface area contributed by atoms with Crippen LogP contribution in [0.1, 0.15) is 49.5 Å². The van der Waals surface area contributed by atoms with E-state index < -0.39 is 5.91 Å². The first-order valence-corrected chi connectivity index (χ1v) is 12.0. The zero-order chi connectivity index (χ0) is 23.6. The zero-order valence-corrected chi connectivity index (χ0v) is 20.2. The molecule has 176 valence electrons. The highest BCUT2D eigenvalue weighted by Gasteiger charge is 2.20. The van der Waals surface area contributed by atoms with E-state index in [0.717, 1.165) is 11.3 Å². The molecule has 8 nitrogen and oxygen atoms in total. The smallest absolute Gasteiger partial charge is 0.322 e. The number of anilines is 1. The summed E-state index contributed by atoms with van der Waals surface area (Å²) in [5, 5.41) is 10.6. The maximum absolute atomic E-state index is 12.9. The summed E-state index contributed by atoms with van der Waals surface area (Å²) in [5.41, 5.74) is 1.38. The Bertz CT molecular complexity index is 1030. The Morgan fingerprint density at radius 1 is 0.939 bits per heavy atom. The number of carbonyl (C=O) groups is 1. The maximum atomic E-state index is 12.9. The Hall–Kier alpha value is -3.20. The zero-order valence-electron chi connectivity index (χ0n) is 19.3. The van der Waals surface area contributed by atoms with Gasteiger partial charge < -0.3 is 18.6 Å². The van der Waals surface area contributed by atoms with Crippen molar-refractivity contribution in [3.63, 3.8) is 0 Å². The molecule has 3 aromatic rings. The van der Waals surface area contributed by atoms with Crippen LogP contribution >= 0.6 is 11.8 Å². The summed E-state index contributed by atoms with van der Waals surface area (Å²) in [6.45, 7) is 8.99. The third kappa shape index (κ3) is 6.64. The van der Waals surface area contributed by atoms with Crippen LogP contribution in [-0.2, 0) is 6.42 Å². The molecule has 0 saturated heterocycles. The molecule has 1 amide bonds. The predicted molar refractivity (Wildman–Crippen MR) is 128 cm³/mol. The normalized spacial score (nSPS) is 10.7. The lowest BCUT2D eigenvalue weighted by atomic mass is 10.1. The van der Waals surface area contributed by atoms with E-state index in [-0.39, 0.29) is 6.01 Å². The van der Waals surface area contributed by atoms with Gasteiger partial charge in [-0.15, -0.1) is 16.9 Å². The topological polar surface area (TPSA) is 95.7 Å². The minimum absolute atomic E-state index is 0.0259. The first-order valence-electron chi connectivity index (χ1n) is 11.0. The van der Waals surface area contributed by atoms with Gasteiger partial charge in [0, 0.05) is 10.5 Å². The highest BCUT2D eigenvalue weighted by atomic mass is 32.2. The summed E-state index contributed by atoms with van der Waals surface area (Å²) in [4.78, 5) is 14.1. The highest BCUT2D eigenvalue weighted by Crippen LogP contribution is 2.39. The van der Waals surface area contributed by atoms with Gasteiger partial charge in [-0.3, -0.25) is 10.1 Å². The number of rotatable bonds is 12. The van der Waals surface area contributed by atoms with Crippen LogP contribution in [0.4, 0.5) is 6.01 Å². The van der Waals surface area contributed by atoms with E-state index in [1.807, 2.05) is 32.9 Å². The molecule has 1 heterocycles. The maximum Gasteiger partial charge on any atom is 0.322 e. The van der Waals surface area contributed by atoms with E-state index in [4.69, 9.17) is 18.6 Å². The van der Waals surface area contributed by atoms with Crippen molar-refractivity contribution in [1.29, 1.82) is 0 Å². The van der Waals surface area contributed by atoms with Crippen molar-refractivity contribution >= 4 is 23.7 Å². The van der Waals surface area contributed by atoms with E-state index in [2.05, 4.69) is 34.6 Å². The van der Waals surface area contributed by atoms with Gasteiger partial charge in [0.2, 0.25) is 11.6 Å². The summed E-state index contributed by atoms with van der Waals surface area (Å²) in [6.07, 6.45) is 0.478. The van der Waals surface area contributed by atoms with Gasteiger partial charge >= 0.3 is 6.01 Å². The molecule has 9 heteroatoms. The molecule has 0 radical (unpaired) electrons. The molecule has 0 spiro atoms. The number of nitrogens with one attached hydrogen (secondary N) is 1. The number of nitrogens with zero attached hydrogens (tertiary/aromatic N) is 2. The summed E-state index contributed by atoms with van der Waals surface area (Å²) in [7, 11) is 0. The fourth-order valence-corrected chi connectivity index (χ4v) is 3.77. The Morgan fingerprint density at radius 3 is 2.15 bits per heavy atom. The van der Waals surface area contributed by atoms with E-state index in [1.54, 1.807) is 23.9 Å². The highest BCUT2D eigenvalue weighted by molar-refractivity contribution is 7.99. The summed E-state index contributed by atoms with van der Waals surface area (Å²) in [5.74, 6) is 2.37. The average molecular weight is 472 g/mol. The molecule has 0 aliphatic carbocycles. The number of hydrogen-bond acceptors (Lipinski definition) is 8. The van der Waals surface area contributed by atoms with Gasteiger partial charge in [0.15, 0.2) is 11.5 Å². The molecule has 1 N–H and O–H groups in total. The van der Waals surface area contributed by atoms with Gasteiger partial charge in [-0.25, -0.2) is 0 Å². The second-order valence-corrected chi connectivity index (χ2v) is 8.15. The van der Waals surface area contributed by atoms with Crippen LogP contribution in [0.2, 0.25) is 0 Å². The van der Waals surface area contributed by atoms with Gasteiger partial charge in [0.1, 0.15) is 0 Å². The fourth-order valence-electron chi connectivity index (χ4n) is 3.11. The van der Waals surface area contributed by atoms with Gasteiger partial charge in [-0.05, 0) is 56.4 Å². The van der Waals surface area contributed by atoms with E-state index in [0.29, 0.717) is 54.9 Å². The van der Waals surface area contributed by atoms with Gasteiger partial charge in [-0.1, -0.05) is 24.2 Å². The molecule has 0 saturated carbocycles. The molecule has 3 rings (SSSR count). The first kappa shape index (κ1) is 24.4. The van der Waals surface area contributed by atoms with Crippen LogP contribution < -0.4 is 19.5 Å². The lowest BCUT2D eigenvalue weighted by Crippen LogP contribution is -2.13. The number of aromatic nitrogens is 2. The summed E-state index contributed by atoms with van der Waals surface area (Å²) < 4.78 is 22.7. The Balaban J connectivity index is 1.73. The van der Waals surface area contributed by atoms with Crippen LogP contribution in [0.25, 0.3) is 0 Å². The fraction of sp³-hybridized carbons (Fsp3) is 0.375. The lowest BCUT2D eigenvalue weighted by molar-refractivity contribution is 0.102. The van der Waals surface area contributed by atoms with Gasteiger partial charge in [0.25, 0.3) is 5.91 Å².